The fraction of sp³-hybridized carbons (Fsp3) is 0.950. The highest BCUT2D eigenvalue weighted by atomic mass is 16.5. The quantitative estimate of drug-likeness (QED) is 0.0550. The number of aliphatic hydroxyl groups excluding tert-OH is 1. The predicted octanol–water partition coefficient (Wildman–Crippen LogP) is 10.8. The molecule has 0 aromatic carbocycles. The third-order valence-corrected chi connectivity index (χ3v) is 9.54. The van der Waals surface area contributed by atoms with Gasteiger partial charge in [0.15, 0.2) is 0 Å². The molecule has 0 bridgehead atoms. The molecule has 0 atom stereocenters. The first-order valence-electron chi connectivity index (χ1n) is 19.8. The Morgan fingerprint density at radius 1 is 0.478 bits per heavy atom. The van der Waals surface area contributed by atoms with Crippen LogP contribution in [0.2, 0.25) is 0 Å². The van der Waals surface area contributed by atoms with Crippen molar-refractivity contribution in [1.82, 2.24) is 4.90 Å². The fourth-order valence-electron chi connectivity index (χ4n) is 6.03. The van der Waals surface area contributed by atoms with Gasteiger partial charge in [0, 0.05) is 6.54 Å². The van der Waals surface area contributed by atoms with Crippen LogP contribution < -0.4 is 0 Å². The summed E-state index contributed by atoms with van der Waals surface area (Å²) in [4.78, 5) is 27.6. The maximum Gasteiger partial charge on any atom is 0.311 e. The number of hydrogen-bond donors (Lipinski definition) is 1. The van der Waals surface area contributed by atoms with Gasteiger partial charge in [0.05, 0.1) is 30.7 Å². The Labute approximate surface area is 286 Å². The Bertz CT molecular complexity index is 708. The lowest BCUT2D eigenvalue weighted by atomic mass is 9.87. The third-order valence-electron chi connectivity index (χ3n) is 9.54. The zero-order valence-corrected chi connectivity index (χ0v) is 31.7. The maximum atomic E-state index is 12.7. The van der Waals surface area contributed by atoms with Gasteiger partial charge in [-0.3, -0.25) is 9.59 Å². The van der Waals surface area contributed by atoms with Gasteiger partial charge in [0.2, 0.25) is 0 Å². The second kappa shape index (κ2) is 30.0. The molecule has 0 amide bonds. The number of ether oxygens (including phenoxy) is 2. The van der Waals surface area contributed by atoms with Crippen LogP contribution in [0.15, 0.2) is 0 Å². The second-order valence-electron chi connectivity index (χ2n) is 15.2. The minimum atomic E-state index is -0.449. The summed E-state index contributed by atoms with van der Waals surface area (Å²) in [7, 11) is 0. The van der Waals surface area contributed by atoms with Crippen molar-refractivity contribution in [3.8, 4) is 0 Å². The normalized spacial score (nSPS) is 12.2. The van der Waals surface area contributed by atoms with Crippen molar-refractivity contribution < 1.29 is 24.2 Å². The van der Waals surface area contributed by atoms with E-state index in [0.717, 1.165) is 90.1 Å². The summed E-state index contributed by atoms with van der Waals surface area (Å²) >= 11 is 0. The molecule has 0 heterocycles. The molecule has 1 N–H and O–H groups in total. The SMILES string of the molecule is CCCCCCCCCCCOC(=O)C(C)(C)CCCCN(CCO)CCCCCCC(C)(C)C(=O)OCCCCCCCCC. The van der Waals surface area contributed by atoms with Gasteiger partial charge in [0.1, 0.15) is 0 Å². The van der Waals surface area contributed by atoms with Crippen LogP contribution in [0, 0.1) is 10.8 Å². The van der Waals surface area contributed by atoms with Gasteiger partial charge in [-0.1, -0.05) is 129 Å². The van der Waals surface area contributed by atoms with Crippen LogP contribution in [-0.2, 0) is 19.1 Å². The van der Waals surface area contributed by atoms with Gasteiger partial charge in [-0.05, 0) is 79.3 Å². The van der Waals surface area contributed by atoms with E-state index >= 15 is 0 Å². The number of carbonyl (C=O) groups excluding carboxylic acids is 2. The lowest BCUT2D eigenvalue weighted by Crippen LogP contribution is -2.30. The van der Waals surface area contributed by atoms with Crippen molar-refractivity contribution in [3.63, 3.8) is 0 Å². The first-order valence-corrected chi connectivity index (χ1v) is 19.8. The smallest absolute Gasteiger partial charge is 0.311 e. The van der Waals surface area contributed by atoms with E-state index < -0.39 is 10.8 Å². The van der Waals surface area contributed by atoms with E-state index in [1.807, 2.05) is 27.7 Å². The minimum Gasteiger partial charge on any atom is -0.465 e. The van der Waals surface area contributed by atoms with Crippen molar-refractivity contribution in [2.45, 2.75) is 196 Å². The molecule has 0 unspecified atom stereocenters. The highest BCUT2D eigenvalue weighted by Crippen LogP contribution is 2.27. The van der Waals surface area contributed by atoms with E-state index in [2.05, 4.69) is 18.7 Å². The van der Waals surface area contributed by atoms with Crippen LogP contribution >= 0.6 is 0 Å². The van der Waals surface area contributed by atoms with Crippen LogP contribution in [0.1, 0.15) is 196 Å². The molecule has 0 spiro atoms. The van der Waals surface area contributed by atoms with Gasteiger partial charge < -0.3 is 19.5 Å². The van der Waals surface area contributed by atoms with Crippen molar-refractivity contribution in [3.05, 3.63) is 0 Å². The molecule has 0 saturated carbocycles. The molecule has 6 nitrogen and oxygen atoms in total. The number of esters is 2. The number of unbranched alkanes of at least 4 members (excludes halogenated alkanes) is 18. The lowest BCUT2D eigenvalue weighted by molar-refractivity contribution is -0.155. The molecule has 6 heteroatoms. The zero-order valence-electron chi connectivity index (χ0n) is 31.7. The maximum absolute atomic E-state index is 12.7. The molecule has 0 radical (unpaired) electrons. The second-order valence-corrected chi connectivity index (χ2v) is 15.2. The van der Waals surface area contributed by atoms with E-state index in [9.17, 15) is 14.7 Å². The molecular weight excluding hydrogens is 574 g/mol. The topological polar surface area (TPSA) is 76.1 Å². The Hall–Kier alpha value is -1.14. The molecule has 0 aliphatic rings. The Morgan fingerprint density at radius 2 is 0.804 bits per heavy atom. The Balaban J connectivity index is 4.00. The molecule has 46 heavy (non-hydrogen) atoms. The van der Waals surface area contributed by atoms with Crippen molar-refractivity contribution >= 4 is 11.9 Å². The third kappa shape index (κ3) is 25.9. The number of hydrogen-bond acceptors (Lipinski definition) is 6. The van der Waals surface area contributed by atoms with Gasteiger partial charge in [-0.15, -0.1) is 0 Å². The summed E-state index contributed by atoms with van der Waals surface area (Å²) in [5, 5.41) is 9.56. The van der Waals surface area contributed by atoms with Crippen molar-refractivity contribution in [2.24, 2.45) is 10.8 Å². The Morgan fingerprint density at radius 3 is 1.22 bits per heavy atom. The summed E-state index contributed by atoms with van der Waals surface area (Å²) in [6.07, 6.45) is 28.0. The summed E-state index contributed by atoms with van der Waals surface area (Å²) in [5.41, 5.74) is -0.868. The molecule has 0 rings (SSSR count). The van der Waals surface area contributed by atoms with Gasteiger partial charge >= 0.3 is 11.9 Å². The molecule has 0 aliphatic heterocycles. The molecule has 0 fully saturated rings. The largest absolute Gasteiger partial charge is 0.465 e. The molecule has 0 saturated heterocycles. The van der Waals surface area contributed by atoms with Crippen LogP contribution in [0.4, 0.5) is 0 Å². The van der Waals surface area contributed by atoms with E-state index in [0.29, 0.717) is 19.8 Å². The average Bonchev–Trinajstić information content (AvgIpc) is 3.02. The number of rotatable bonds is 34. The van der Waals surface area contributed by atoms with E-state index in [4.69, 9.17) is 9.47 Å². The van der Waals surface area contributed by atoms with Crippen LogP contribution in [0.3, 0.4) is 0 Å². The molecular formula is C40H79NO5. The first kappa shape index (κ1) is 44.9. The van der Waals surface area contributed by atoms with Crippen molar-refractivity contribution in [2.75, 3.05) is 39.5 Å². The minimum absolute atomic E-state index is 0.0529. The monoisotopic (exact) mass is 654 g/mol. The fourth-order valence-corrected chi connectivity index (χ4v) is 6.03. The molecule has 0 aromatic rings. The molecule has 0 aliphatic carbocycles. The van der Waals surface area contributed by atoms with Gasteiger partial charge in [-0.2, -0.15) is 0 Å². The molecule has 274 valence electrons. The highest BCUT2D eigenvalue weighted by molar-refractivity contribution is 5.76. The van der Waals surface area contributed by atoms with Crippen LogP contribution in [-0.4, -0.2) is 61.4 Å². The standard InChI is InChI=1S/C40H79NO5/c1-7-9-11-13-15-16-18-22-28-36-46-38(44)40(5,6)30-24-26-32-41(33-34-42)31-25-20-19-23-29-39(3,4)37(43)45-35-27-21-17-14-12-10-8-2/h42H,7-36H2,1-6H3. The van der Waals surface area contributed by atoms with Crippen LogP contribution in [0.5, 0.6) is 0 Å². The average molecular weight is 654 g/mol. The Kier molecular flexibility index (Phi) is 29.2. The first-order chi connectivity index (χ1) is 22.1. The van der Waals surface area contributed by atoms with Gasteiger partial charge in [-0.25, -0.2) is 0 Å². The predicted molar refractivity (Wildman–Crippen MR) is 195 cm³/mol. The number of carbonyl (C=O) groups is 2. The summed E-state index contributed by atoms with van der Waals surface area (Å²) in [6.45, 7) is 16.4. The van der Waals surface area contributed by atoms with Crippen LogP contribution in [0.25, 0.3) is 0 Å². The highest BCUT2D eigenvalue weighted by Gasteiger charge is 2.29. The summed E-state index contributed by atoms with van der Waals surface area (Å²) in [5.74, 6) is -0.119. The summed E-state index contributed by atoms with van der Waals surface area (Å²) in [6, 6.07) is 0. The van der Waals surface area contributed by atoms with E-state index in [1.165, 1.54) is 77.0 Å². The zero-order chi connectivity index (χ0) is 34.4. The van der Waals surface area contributed by atoms with Crippen molar-refractivity contribution in [1.29, 1.82) is 0 Å². The summed E-state index contributed by atoms with van der Waals surface area (Å²) < 4.78 is 11.2. The van der Waals surface area contributed by atoms with E-state index in [-0.39, 0.29) is 18.5 Å². The van der Waals surface area contributed by atoms with Gasteiger partial charge in [0.25, 0.3) is 0 Å². The number of nitrogens with zero attached hydrogens (tertiary/aromatic N) is 1. The number of aliphatic hydroxyl groups is 1. The lowest BCUT2D eigenvalue weighted by Gasteiger charge is -2.25. The molecule has 0 aromatic heterocycles. The van der Waals surface area contributed by atoms with E-state index in [1.54, 1.807) is 0 Å².